The number of aliphatic imine (C=N–C) groups is 1. The van der Waals surface area contributed by atoms with Crippen LogP contribution in [0.25, 0.3) is 0 Å². The molecule has 30 heavy (non-hydrogen) atoms. The second-order valence-corrected chi connectivity index (χ2v) is 10.1. The van der Waals surface area contributed by atoms with Gasteiger partial charge in [0.05, 0.1) is 12.9 Å². The minimum absolute atomic E-state index is 0.291. The van der Waals surface area contributed by atoms with E-state index in [1.54, 1.807) is 11.4 Å². The summed E-state index contributed by atoms with van der Waals surface area (Å²) in [5, 5.41) is 6.68. The Bertz CT molecular complexity index is 796. The molecule has 1 saturated heterocycles. The van der Waals surface area contributed by atoms with Crippen molar-refractivity contribution in [2.75, 3.05) is 39.5 Å². The lowest BCUT2D eigenvalue weighted by Gasteiger charge is -2.17. The van der Waals surface area contributed by atoms with Crippen LogP contribution in [0.5, 0.6) is 5.75 Å². The quantitative estimate of drug-likeness (QED) is 0.315. The predicted molar refractivity (Wildman–Crippen MR) is 124 cm³/mol. The molecule has 1 aliphatic rings. The Balaban J connectivity index is 1.83. The maximum atomic E-state index is 11.7. The Morgan fingerprint density at radius 3 is 2.73 bits per heavy atom. The number of guanidine groups is 1. The summed E-state index contributed by atoms with van der Waals surface area (Å²) >= 11 is 0. The van der Waals surface area contributed by atoms with Crippen LogP contribution in [-0.4, -0.2) is 58.2 Å². The van der Waals surface area contributed by atoms with Crippen LogP contribution in [0.1, 0.15) is 50.2 Å². The molecule has 0 radical (unpaired) electrons. The maximum absolute atomic E-state index is 11.7. The first-order chi connectivity index (χ1) is 14.3. The highest BCUT2D eigenvalue weighted by atomic mass is 32.2. The Kier molecular flexibility index (Phi) is 9.91. The average molecular weight is 439 g/mol. The lowest BCUT2D eigenvalue weighted by molar-refractivity contribution is 0.301. The highest BCUT2D eigenvalue weighted by Gasteiger charge is 2.28. The number of hydrogen-bond acceptors (Lipinski definition) is 4. The van der Waals surface area contributed by atoms with E-state index in [1.165, 1.54) is 31.1 Å². The van der Waals surface area contributed by atoms with Gasteiger partial charge in [0, 0.05) is 38.8 Å². The van der Waals surface area contributed by atoms with Crippen molar-refractivity contribution in [3.8, 4) is 5.75 Å². The van der Waals surface area contributed by atoms with Crippen LogP contribution in [0.2, 0.25) is 0 Å². The van der Waals surface area contributed by atoms with E-state index in [4.69, 9.17) is 4.74 Å². The first kappa shape index (κ1) is 24.5. The van der Waals surface area contributed by atoms with Gasteiger partial charge in [-0.1, -0.05) is 38.3 Å². The molecule has 2 N–H and O–H groups in total. The predicted octanol–water partition coefficient (Wildman–Crippen LogP) is 2.90. The van der Waals surface area contributed by atoms with Gasteiger partial charge in [0.25, 0.3) is 0 Å². The van der Waals surface area contributed by atoms with E-state index in [0.29, 0.717) is 38.1 Å². The summed E-state index contributed by atoms with van der Waals surface area (Å²) in [5.74, 6) is 1.93. The number of benzene rings is 1. The average Bonchev–Trinajstić information content (AvgIpc) is 3.19. The van der Waals surface area contributed by atoms with Gasteiger partial charge in [0.1, 0.15) is 5.75 Å². The molecule has 1 aromatic rings. The minimum atomic E-state index is -3.10. The molecule has 0 saturated carbocycles. The maximum Gasteiger partial charge on any atom is 0.211 e. The summed E-state index contributed by atoms with van der Waals surface area (Å²) < 4.78 is 30.9. The number of sulfonamides is 1. The number of unbranched alkanes of at least 4 members (excludes halogenated alkanes) is 3. The third-order valence-electron chi connectivity index (χ3n) is 5.42. The van der Waals surface area contributed by atoms with Crippen molar-refractivity contribution >= 4 is 16.0 Å². The van der Waals surface area contributed by atoms with E-state index >= 15 is 0 Å². The fraction of sp³-hybridized carbons (Fsp3) is 0.682. The molecule has 0 aliphatic carbocycles. The lowest BCUT2D eigenvalue weighted by atomic mass is 10.1. The molecule has 7 nitrogen and oxygen atoms in total. The van der Waals surface area contributed by atoms with Gasteiger partial charge >= 0.3 is 0 Å². The Morgan fingerprint density at radius 2 is 2.07 bits per heavy atom. The van der Waals surface area contributed by atoms with Gasteiger partial charge in [0.2, 0.25) is 10.0 Å². The Hall–Kier alpha value is -1.80. The summed E-state index contributed by atoms with van der Waals surface area (Å²) in [5.41, 5.74) is 2.28. The van der Waals surface area contributed by atoms with Crippen LogP contribution in [-0.2, 0) is 16.6 Å². The first-order valence-electron chi connectivity index (χ1n) is 11.0. The molecule has 1 aromatic carbocycles. The topological polar surface area (TPSA) is 83.0 Å². The van der Waals surface area contributed by atoms with Crippen LogP contribution < -0.4 is 15.4 Å². The van der Waals surface area contributed by atoms with E-state index in [9.17, 15) is 8.42 Å². The SMILES string of the molecule is CCCCCCOc1cc(C)ccc1CNC(=NC)NCC1CCN(S(C)(=O)=O)C1. The van der Waals surface area contributed by atoms with Crippen molar-refractivity contribution in [3.05, 3.63) is 29.3 Å². The van der Waals surface area contributed by atoms with Gasteiger partial charge in [-0.2, -0.15) is 0 Å². The molecule has 2 rings (SSSR count). The lowest BCUT2D eigenvalue weighted by Crippen LogP contribution is -2.40. The molecular weight excluding hydrogens is 400 g/mol. The van der Waals surface area contributed by atoms with Gasteiger partial charge in [0.15, 0.2) is 5.96 Å². The van der Waals surface area contributed by atoms with Crippen molar-refractivity contribution in [3.63, 3.8) is 0 Å². The monoisotopic (exact) mass is 438 g/mol. The molecule has 0 spiro atoms. The highest BCUT2D eigenvalue weighted by molar-refractivity contribution is 7.88. The third kappa shape index (κ3) is 8.14. The van der Waals surface area contributed by atoms with Gasteiger partial charge < -0.3 is 15.4 Å². The van der Waals surface area contributed by atoms with E-state index in [0.717, 1.165) is 30.8 Å². The highest BCUT2D eigenvalue weighted by Crippen LogP contribution is 2.21. The molecule has 170 valence electrons. The molecule has 8 heteroatoms. The number of nitrogens with one attached hydrogen (secondary N) is 2. The molecular formula is C22H38N4O3S. The summed E-state index contributed by atoms with van der Waals surface area (Å²) in [6, 6.07) is 6.28. The van der Waals surface area contributed by atoms with Gasteiger partial charge in [-0.25, -0.2) is 12.7 Å². The minimum Gasteiger partial charge on any atom is -0.493 e. The molecule has 1 fully saturated rings. The summed E-state index contributed by atoms with van der Waals surface area (Å²) in [6.07, 6.45) is 6.88. The zero-order chi connectivity index (χ0) is 22.0. The van der Waals surface area contributed by atoms with Crippen molar-refractivity contribution < 1.29 is 13.2 Å². The number of ether oxygens (including phenoxy) is 1. The first-order valence-corrected chi connectivity index (χ1v) is 12.8. The van der Waals surface area contributed by atoms with Gasteiger partial charge in [-0.05, 0) is 37.3 Å². The zero-order valence-electron chi connectivity index (χ0n) is 18.9. The second kappa shape index (κ2) is 12.2. The Morgan fingerprint density at radius 1 is 1.27 bits per heavy atom. The van der Waals surface area contributed by atoms with E-state index in [1.807, 2.05) is 0 Å². The van der Waals surface area contributed by atoms with Crippen molar-refractivity contribution in [1.29, 1.82) is 0 Å². The van der Waals surface area contributed by atoms with E-state index < -0.39 is 10.0 Å². The molecule has 0 bridgehead atoms. The van der Waals surface area contributed by atoms with Gasteiger partial charge in [-0.3, -0.25) is 4.99 Å². The second-order valence-electron chi connectivity index (χ2n) is 8.10. The summed E-state index contributed by atoms with van der Waals surface area (Å²) in [7, 11) is -1.36. The molecule has 0 amide bonds. The number of hydrogen-bond donors (Lipinski definition) is 2. The molecule has 1 aliphatic heterocycles. The largest absolute Gasteiger partial charge is 0.493 e. The van der Waals surface area contributed by atoms with E-state index in [-0.39, 0.29) is 0 Å². The summed E-state index contributed by atoms with van der Waals surface area (Å²) in [6.45, 7) is 7.49. The van der Waals surface area contributed by atoms with Crippen molar-refractivity contribution in [2.45, 2.75) is 52.5 Å². The van der Waals surface area contributed by atoms with Crippen LogP contribution in [0, 0.1) is 12.8 Å². The molecule has 1 heterocycles. The smallest absolute Gasteiger partial charge is 0.211 e. The fourth-order valence-corrected chi connectivity index (χ4v) is 4.48. The van der Waals surface area contributed by atoms with Crippen molar-refractivity contribution in [2.24, 2.45) is 10.9 Å². The van der Waals surface area contributed by atoms with E-state index in [2.05, 4.69) is 47.7 Å². The zero-order valence-corrected chi connectivity index (χ0v) is 19.7. The standard InChI is InChI=1S/C22H38N4O3S/c1-5-6-7-8-13-29-21-14-18(2)9-10-20(21)16-25-22(23-3)24-15-19-11-12-26(17-19)30(4,27)28/h9-10,14,19H,5-8,11-13,15-17H2,1-4H3,(H2,23,24,25). The Labute approximate surface area is 182 Å². The van der Waals surface area contributed by atoms with Crippen LogP contribution in [0.15, 0.2) is 23.2 Å². The molecule has 0 aromatic heterocycles. The van der Waals surface area contributed by atoms with Crippen LogP contribution in [0.4, 0.5) is 0 Å². The van der Waals surface area contributed by atoms with Crippen LogP contribution >= 0.6 is 0 Å². The number of rotatable bonds is 11. The fourth-order valence-electron chi connectivity index (χ4n) is 3.56. The normalized spacial score (nSPS) is 17.9. The summed E-state index contributed by atoms with van der Waals surface area (Å²) in [4.78, 5) is 4.30. The molecule has 1 unspecified atom stereocenters. The third-order valence-corrected chi connectivity index (χ3v) is 6.69. The van der Waals surface area contributed by atoms with Gasteiger partial charge in [-0.15, -0.1) is 0 Å². The molecule has 1 atom stereocenters. The van der Waals surface area contributed by atoms with Crippen molar-refractivity contribution in [1.82, 2.24) is 14.9 Å². The number of nitrogens with zero attached hydrogens (tertiary/aromatic N) is 2. The number of aryl methyl sites for hydroxylation is 1. The van der Waals surface area contributed by atoms with Crippen LogP contribution in [0.3, 0.4) is 0 Å².